The van der Waals surface area contributed by atoms with E-state index < -0.39 is 21.8 Å². The molecule has 2 aliphatic rings. The molecule has 1 unspecified atom stereocenters. The van der Waals surface area contributed by atoms with Crippen LogP contribution in [0.5, 0.6) is 0 Å². The number of halogens is 1. The van der Waals surface area contributed by atoms with E-state index in [9.17, 15) is 17.6 Å². The molecule has 0 saturated carbocycles. The summed E-state index contributed by atoms with van der Waals surface area (Å²) >= 11 is 0. The second-order valence-corrected chi connectivity index (χ2v) is 11.5. The van der Waals surface area contributed by atoms with Gasteiger partial charge >= 0.3 is 0 Å². The number of sulfonamides is 1. The van der Waals surface area contributed by atoms with Crippen LogP contribution >= 0.6 is 0 Å². The molecule has 7 nitrogen and oxygen atoms in total. The fourth-order valence-electron chi connectivity index (χ4n) is 5.21. The van der Waals surface area contributed by atoms with Gasteiger partial charge in [-0.1, -0.05) is 35.5 Å². The number of fused-ring (bicyclic) bond motifs is 1. The predicted molar refractivity (Wildman–Crippen MR) is 140 cm³/mol. The standard InChI is InChI=1S/C28H30FN3O4S/c1-19-27(26(36-31-19)16-15-21-9-3-5-13-24(21)29)37(34,35)32-17-7-11-22(18-32)28(33)30-25-14-6-10-20-8-2-4-12-23(20)25/h3,5-6,9-10,13-16,22H,2,4,7-8,11-12,17-18H2,1H3,(H,30,33). The SMILES string of the molecule is Cc1noc(C=Cc2ccccc2F)c1S(=O)(=O)N1CCCC(C(=O)Nc2cccc3c2CCCC3)C1. The predicted octanol–water partition coefficient (Wildman–Crippen LogP) is 5.21. The van der Waals surface area contributed by atoms with Gasteiger partial charge in [-0.25, -0.2) is 12.8 Å². The lowest BCUT2D eigenvalue weighted by Crippen LogP contribution is -2.44. The monoisotopic (exact) mass is 523 g/mol. The molecule has 0 radical (unpaired) electrons. The summed E-state index contributed by atoms with van der Waals surface area (Å²) in [4.78, 5) is 13.2. The lowest BCUT2D eigenvalue weighted by molar-refractivity contribution is -0.120. The first-order chi connectivity index (χ1) is 17.8. The molecule has 1 aliphatic carbocycles. The van der Waals surface area contributed by atoms with Gasteiger partial charge in [0.2, 0.25) is 15.9 Å². The van der Waals surface area contributed by atoms with Gasteiger partial charge in [0.15, 0.2) is 10.7 Å². The zero-order valence-corrected chi connectivity index (χ0v) is 21.6. The molecule has 1 fully saturated rings. The highest BCUT2D eigenvalue weighted by atomic mass is 32.2. The molecule has 2 heterocycles. The van der Waals surface area contributed by atoms with E-state index in [0.717, 1.165) is 31.4 Å². The number of hydrogen-bond donors (Lipinski definition) is 1. The fourth-order valence-corrected chi connectivity index (χ4v) is 6.99. The van der Waals surface area contributed by atoms with E-state index in [-0.39, 0.29) is 28.8 Å². The molecule has 0 spiro atoms. The van der Waals surface area contributed by atoms with Crippen LogP contribution in [0.25, 0.3) is 12.2 Å². The van der Waals surface area contributed by atoms with Crippen molar-refractivity contribution in [2.24, 2.45) is 5.92 Å². The van der Waals surface area contributed by atoms with Crippen molar-refractivity contribution in [3.05, 3.63) is 76.4 Å². The first-order valence-electron chi connectivity index (χ1n) is 12.7. The number of rotatable bonds is 6. The Labute approximate surface area is 216 Å². The van der Waals surface area contributed by atoms with Gasteiger partial charge in [-0.15, -0.1) is 0 Å². The molecular formula is C28H30FN3O4S. The van der Waals surface area contributed by atoms with E-state index in [4.69, 9.17) is 4.52 Å². The Morgan fingerprint density at radius 3 is 2.76 bits per heavy atom. The number of aromatic nitrogens is 1. The largest absolute Gasteiger partial charge is 0.355 e. The summed E-state index contributed by atoms with van der Waals surface area (Å²) in [6, 6.07) is 12.2. The lowest BCUT2D eigenvalue weighted by atomic mass is 9.90. The summed E-state index contributed by atoms with van der Waals surface area (Å²) in [5, 5.41) is 6.93. The third-order valence-corrected chi connectivity index (χ3v) is 9.18. The molecule has 3 aromatic rings. The van der Waals surface area contributed by atoms with Crippen LogP contribution in [0.3, 0.4) is 0 Å². The fraction of sp³-hybridized carbons (Fsp3) is 0.357. The van der Waals surface area contributed by atoms with Crippen LogP contribution in [-0.2, 0) is 27.7 Å². The molecule has 5 rings (SSSR count). The number of amides is 1. The molecule has 1 N–H and O–H groups in total. The van der Waals surface area contributed by atoms with Gasteiger partial charge in [0.1, 0.15) is 11.5 Å². The van der Waals surface area contributed by atoms with Crippen LogP contribution in [0.15, 0.2) is 51.9 Å². The van der Waals surface area contributed by atoms with Gasteiger partial charge in [0.25, 0.3) is 0 Å². The smallest absolute Gasteiger partial charge is 0.248 e. The molecule has 1 aromatic heterocycles. The van der Waals surface area contributed by atoms with Crippen molar-refractivity contribution in [1.82, 2.24) is 9.46 Å². The third kappa shape index (κ3) is 5.24. The number of hydrogen-bond acceptors (Lipinski definition) is 5. The molecule has 1 aliphatic heterocycles. The van der Waals surface area contributed by atoms with E-state index in [1.54, 1.807) is 25.1 Å². The highest BCUT2D eigenvalue weighted by Crippen LogP contribution is 2.31. The van der Waals surface area contributed by atoms with Crippen molar-refractivity contribution in [3.63, 3.8) is 0 Å². The van der Waals surface area contributed by atoms with Gasteiger partial charge in [-0.05, 0) is 80.9 Å². The number of anilines is 1. The van der Waals surface area contributed by atoms with E-state index in [2.05, 4.69) is 16.5 Å². The number of nitrogens with one attached hydrogen (secondary N) is 1. The zero-order chi connectivity index (χ0) is 26.0. The quantitative estimate of drug-likeness (QED) is 0.479. The van der Waals surface area contributed by atoms with E-state index in [1.807, 2.05) is 12.1 Å². The topological polar surface area (TPSA) is 92.5 Å². The summed E-state index contributed by atoms with van der Waals surface area (Å²) in [5.41, 5.74) is 3.82. The van der Waals surface area contributed by atoms with Gasteiger partial charge < -0.3 is 9.84 Å². The normalized spacial score (nSPS) is 18.6. The second kappa shape index (κ2) is 10.6. The Hall–Kier alpha value is -3.30. The van der Waals surface area contributed by atoms with E-state index in [0.29, 0.717) is 24.9 Å². The van der Waals surface area contributed by atoms with Crippen LogP contribution in [0, 0.1) is 18.7 Å². The van der Waals surface area contributed by atoms with Crippen molar-refractivity contribution in [2.75, 3.05) is 18.4 Å². The highest BCUT2D eigenvalue weighted by Gasteiger charge is 2.37. The third-order valence-electron chi connectivity index (χ3n) is 7.16. The second-order valence-electron chi connectivity index (χ2n) is 9.66. The molecule has 1 atom stereocenters. The zero-order valence-electron chi connectivity index (χ0n) is 20.7. The molecule has 2 aromatic carbocycles. The molecule has 1 saturated heterocycles. The van der Waals surface area contributed by atoms with Crippen LogP contribution in [-0.4, -0.2) is 36.9 Å². The number of piperidine rings is 1. The number of nitrogens with zero attached hydrogens (tertiary/aromatic N) is 2. The van der Waals surface area contributed by atoms with Crippen molar-refractivity contribution < 1.29 is 22.1 Å². The first kappa shape index (κ1) is 25.4. The Morgan fingerprint density at radius 2 is 1.92 bits per heavy atom. The summed E-state index contributed by atoms with van der Waals surface area (Å²) in [7, 11) is -4.00. The van der Waals surface area contributed by atoms with Gasteiger partial charge in [-0.2, -0.15) is 4.31 Å². The molecule has 194 valence electrons. The van der Waals surface area contributed by atoms with Crippen LogP contribution < -0.4 is 5.32 Å². The number of benzene rings is 2. The van der Waals surface area contributed by atoms with Gasteiger partial charge in [-0.3, -0.25) is 4.79 Å². The number of carbonyl (C=O) groups excluding carboxylic acids is 1. The maximum Gasteiger partial charge on any atom is 0.248 e. The van der Waals surface area contributed by atoms with Crippen molar-refractivity contribution in [1.29, 1.82) is 0 Å². The summed E-state index contributed by atoms with van der Waals surface area (Å²) < 4.78 is 48.0. The van der Waals surface area contributed by atoms with Crippen molar-refractivity contribution in [2.45, 2.75) is 50.3 Å². The minimum Gasteiger partial charge on any atom is -0.355 e. The van der Waals surface area contributed by atoms with E-state index in [1.165, 1.54) is 33.7 Å². The maximum absolute atomic E-state index is 14.0. The van der Waals surface area contributed by atoms with E-state index >= 15 is 0 Å². The van der Waals surface area contributed by atoms with Crippen LogP contribution in [0.1, 0.15) is 53.8 Å². The van der Waals surface area contributed by atoms with Crippen LogP contribution in [0.4, 0.5) is 10.1 Å². The average molecular weight is 524 g/mol. The summed E-state index contributed by atoms with van der Waals surface area (Å²) in [6.07, 6.45) is 8.25. The van der Waals surface area contributed by atoms with Crippen molar-refractivity contribution in [3.8, 4) is 0 Å². The van der Waals surface area contributed by atoms with Crippen LogP contribution in [0.2, 0.25) is 0 Å². The minimum atomic E-state index is -4.00. The summed E-state index contributed by atoms with van der Waals surface area (Å²) in [5.74, 6) is -1.03. The Balaban J connectivity index is 1.35. The lowest BCUT2D eigenvalue weighted by Gasteiger charge is -2.31. The first-order valence-corrected chi connectivity index (χ1v) is 14.1. The Bertz CT molecular complexity index is 1450. The van der Waals surface area contributed by atoms with Crippen molar-refractivity contribution >= 4 is 33.8 Å². The molecule has 9 heteroatoms. The Morgan fingerprint density at radius 1 is 1.11 bits per heavy atom. The number of aryl methyl sites for hydroxylation is 2. The average Bonchev–Trinajstić information content (AvgIpc) is 3.29. The Kier molecular flexibility index (Phi) is 7.26. The maximum atomic E-state index is 14.0. The summed E-state index contributed by atoms with van der Waals surface area (Å²) in [6.45, 7) is 1.93. The molecule has 0 bridgehead atoms. The minimum absolute atomic E-state index is 0.0308. The highest BCUT2D eigenvalue weighted by molar-refractivity contribution is 7.89. The molecular weight excluding hydrogens is 493 g/mol. The van der Waals surface area contributed by atoms with Gasteiger partial charge in [0.05, 0.1) is 5.92 Å². The number of carbonyl (C=O) groups is 1. The molecule has 1 amide bonds. The van der Waals surface area contributed by atoms with Gasteiger partial charge in [0, 0.05) is 24.3 Å². The molecule has 37 heavy (non-hydrogen) atoms.